The number of phenolic OH excluding ortho intramolecular Hbond substituents is 1. The zero-order chi connectivity index (χ0) is 21.4. The van der Waals surface area contributed by atoms with Crippen molar-refractivity contribution in [3.8, 4) is 5.75 Å². The summed E-state index contributed by atoms with van der Waals surface area (Å²) in [6.07, 6.45) is 0. The van der Waals surface area contributed by atoms with E-state index in [9.17, 15) is 9.90 Å². The lowest BCUT2D eigenvalue weighted by Crippen LogP contribution is -2.10. The van der Waals surface area contributed by atoms with Crippen molar-refractivity contribution >= 4 is 49.3 Å². The molecule has 0 spiro atoms. The summed E-state index contributed by atoms with van der Waals surface area (Å²) in [5, 5.41) is 16.4. The minimum Gasteiger partial charge on any atom is -0.508 e. The van der Waals surface area contributed by atoms with Crippen molar-refractivity contribution < 1.29 is 9.90 Å². The number of hydrogen-bond donors (Lipinski definition) is 3. The minimum absolute atomic E-state index is 0.300. The van der Waals surface area contributed by atoms with Gasteiger partial charge < -0.3 is 15.8 Å². The van der Waals surface area contributed by atoms with E-state index < -0.39 is 0 Å². The Balaban J connectivity index is 0.000000140. The molecule has 5 aromatic carbocycles. The first-order valence-electron chi connectivity index (χ1n) is 10.0. The van der Waals surface area contributed by atoms with Gasteiger partial charge in [0.15, 0.2) is 0 Å². The average molecular weight is 404 g/mol. The molecule has 4 nitrogen and oxygen atoms in total. The SMILES string of the molecule is NC(=O)c1ccc2ccccc2c1.Oc1ccc2ccc3c4ccccc4[nH]c3c2c1. The molecule has 6 aromatic rings. The number of phenols is 1. The predicted octanol–water partition coefficient (Wildman–Crippen LogP) is 6.12. The molecular formula is C27H20N2O2. The summed E-state index contributed by atoms with van der Waals surface area (Å²) in [6.45, 7) is 0. The van der Waals surface area contributed by atoms with Gasteiger partial charge in [-0.2, -0.15) is 0 Å². The van der Waals surface area contributed by atoms with Gasteiger partial charge in [0.25, 0.3) is 0 Å². The van der Waals surface area contributed by atoms with Gasteiger partial charge in [0.05, 0.1) is 5.52 Å². The van der Waals surface area contributed by atoms with E-state index in [1.54, 1.807) is 18.2 Å². The van der Waals surface area contributed by atoms with E-state index in [-0.39, 0.29) is 5.91 Å². The van der Waals surface area contributed by atoms with Gasteiger partial charge in [-0.15, -0.1) is 0 Å². The lowest BCUT2D eigenvalue weighted by Gasteiger charge is -2.00. The Bertz CT molecular complexity index is 1580. The number of nitrogens with two attached hydrogens (primary N) is 1. The number of fused-ring (bicyclic) bond motifs is 6. The van der Waals surface area contributed by atoms with Crippen LogP contribution < -0.4 is 5.73 Å². The molecule has 6 rings (SSSR count). The Kier molecular flexibility index (Phi) is 4.53. The topological polar surface area (TPSA) is 79.1 Å². The zero-order valence-electron chi connectivity index (χ0n) is 16.7. The number of para-hydroxylation sites is 1. The number of rotatable bonds is 1. The Labute approximate surface area is 178 Å². The summed E-state index contributed by atoms with van der Waals surface area (Å²) in [4.78, 5) is 14.3. The van der Waals surface area contributed by atoms with Crippen LogP contribution in [-0.2, 0) is 0 Å². The number of H-pyrrole nitrogens is 1. The number of primary amides is 1. The number of hydrogen-bond acceptors (Lipinski definition) is 2. The predicted molar refractivity (Wildman–Crippen MR) is 127 cm³/mol. The molecular weight excluding hydrogens is 384 g/mol. The number of amides is 1. The van der Waals surface area contributed by atoms with Crippen molar-refractivity contribution in [1.29, 1.82) is 0 Å². The average Bonchev–Trinajstić information content (AvgIpc) is 3.18. The van der Waals surface area contributed by atoms with E-state index in [4.69, 9.17) is 5.73 Å². The van der Waals surface area contributed by atoms with Crippen molar-refractivity contribution in [3.63, 3.8) is 0 Å². The molecule has 0 saturated heterocycles. The molecule has 150 valence electrons. The normalized spacial score (nSPS) is 11.0. The first kappa shape index (κ1) is 18.7. The molecule has 31 heavy (non-hydrogen) atoms. The second-order valence-corrected chi connectivity index (χ2v) is 7.49. The molecule has 1 aromatic heterocycles. The molecule has 1 amide bonds. The highest BCUT2D eigenvalue weighted by Gasteiger charge is 2.07. The van der Waals surface area contributed by atoms with E-state index >= 15 is 0 Å². The largest absolute Gasteiger partial charge is 0.508 e. The molecule has 0 unspecified atom stereocenters. The van der Waals surface area contributed by atoms with Crippen LogP contribution in [-0.4, -0.2) is 16.0 Å². The van der Waals surface area contributed by atoms with E-state index in [1.165, 1.54) is 10.8 Å². The third-order valence-corrected chi connectivity index (χ3v) is 5.52. The third kappa shape index (κ3) is 3.45. The highest BCUT2D eigenvalue weighted by atomic mass is 16.3. The maximum Gasteiger partial charge on any atom is 0.248 e. The summed E-state index contributed by atoms with van der Waals surface area (Å²) in [7, 11) is 0. The number of carbonyl (C=O) groups is 1. The zero-order valence-corrected chi connectivity index (χ0v) is 16.7. The van der Waals surface area contributed by atoms with Gasteiger partial charge in [0.2, 0.25) is 5.91 Å². The Morgan fingerprint density at radius 1 is 0.677 bits per heavy atom. The third-order valence-electron chi connectivity index (χ3n) is 5.52. The second-order valence-electron chi connectivity index (χ2n) is 7.49. The van der Waals surface area contributed by atoms with Crippen LogP contribution >= 0.6 is 0 Å². The number of aromatic hydroxyl groups is 1. The molecule has 0 radical (unpaired) electrons. The summed E-state index contributed by atoms with van der Waals surface area (Å²) in [6, 6.07) is 31.3. The van der Waals surface area contributed by atoms with Crippen LogP contribution in [0, 0.1) is 0 Å². The molecule has 0 aliphatic carbocycles. The molecule has 0 saturated carbocycles. The Hall–Kier alpha value is -4.31. The Morgan fingerprint density at radius 3 is 2.23 bits per heavy atom. The number of aromatic nitrogens is 1. The maximum atomic E-state index is 10.9. The molecule has 0 aliphatic heterocycles. The molecule has 0 atom stereocenters. The smallest absolute Gasteiger partial charge is 0.248 e. The van der Waals surface area contributed by atoms with Gasteiger partial charge in [-0.3, -0.25) is 4.79 Å². The fraction of sp³-hybridized carbons (Fsp3) is 0. The molecule has 1 heterocycles. The van der Waals surface area contributed by atoms with E-state index in [0.717, 1.165) is 32.6 Å². The first-order valence-corrected chi connectivity index (χ1v) is 10.0. The number of benzene rings is 5. The van der Waals surface area contributed by atoms with Crippen LogP contribution in [0.15, 0.2) is 97.1 Å². The van der Waals surface area contributed by atoms with Crippen LogP contribution in [0.1, 0.15) is 10.4 Å². The maximum absolute atomic E-state index is 10.9. The Morgan fingerprint density at radius 2 is 1.39 bits per heavy atom. The lowest BCUT2D eigenvalue weighted by atomic mass is 10.1. The van der Waals surface area contributed by atoms with Crippen molar-refractivity contribution in [2.75, 3.05) is 0 Å². The molecule has 0 fully saturated rings. The standard InChI is InChI=1S/C16H11NO.C11H9NO/c18-11-7-5-10-6-8-13-12-3-1-2-4-15(12)17-16(13)14(10)9-11;12-11(13)10-6-5-8-3-1-2-4-9(8)7-10/h1-9,17-18H;1-7H,(H2,12,13). The number of carbonyl (C=O) groups excluding carboxylic acids is 1. The fourth-order valence-corrected chi connectivity index (χ4v) is 3.97. The van der Waals surface area contributed by atoms with Crippen molar-refractivity contribution in [2.45, 2.75) is 0 Å². The first-order chi connectivity index (χ1) is 15.1. The van der Waals surface area contributed by atoms with Gasteiger partial charge in [-0.25, -0.2) is 0 Å². The van der Waals surface area contributed by atoms with Crippen LogP contribution in [0.2, 0.25) is 0 Å². The van der Waals surface area contributed by atoms with E-state index in [1.807, 2.05) is 54.6 Å². The van der Waals surface area contributed by atoms with Crippen LogP contribution in [0.5, 0.6) is 5.75 Å². The van der Waals surface area contributed by atoms with Crippen LogP contribution in [0.25, 0.3) is 43.4 Å². The van der Waals surface area contributed by atoms with Gasteiger partial charge in [0, 0.05) is 27.2 Å². The van der Waals surface area contributed by atoms with Crippen molar-refractivity contribution in [2.24, 2.45) is 5.73 Å². The minimum atomic E-state index is -0.384. The van der Waals surface area contributed by atoms with Gasteiger partial charge in [-0.1, -0.05) is 66.7 Å². The second kappa shape index (κ2) is 7.50. The monoisotopic (exact) mass is 404 g/mol. The van der Waals surface area contributed by atoms with Crippen molar-refractivity contribution in [1.82, 2.24) is 4.98 Å². The van der Waals surface area contributed by atoms with E-state index in [2.05, 4.69) is 29.2 Å². The van der Waals surface area contributed by atoms with Gasteiger partial charge >= 0.3 is 0 Å². The van der Waals surface area contributed by atoms with Gasteiger partial charge in [-0.05, 0) is 46.5 Å². The van der Waals surface area contributed by atoms with Crippen LogP contribution in [0.4, 0.5) is 0 Å². The number of nitrogens with one attached hydrogen (secondary N) is 1. The van der Waals surface area contributed by atoms with Gasteiger partial charge in [0.1, 0.15) is 5.75 Å². The molecule has 4 N–H and O–H groups in total. The fourth-order valence-electron chi connectivity index (χ4n) is 3.97. The van der Waals surface area contributed by atoms with Crippen LogP contribution in [0.3, 0.4) is 0 Å². The number of aromatic amines is 1. The molecule has 0 aliphatic rings. The van der Waals surface area contributed by atoms with E-state index in [0.29, 0.717) is 11.3 Å². The summed E-state index contributed by atoms with van der Waals surface area (Å²) in [5.41, 5.74) is 7.94. The quantitative estimate of drug-likeness (QED) is 0.309. The summed E-state index contributed by atoms with van der Waals surface area (Å²) in [5.74, 6) is -0.0839. The summed E-state index contributed by atoms with van der Waals surface area (Å²) >= 11 is 0. The highest BCUT2D eigenvalue weighted by molar-refractivity contribution is 6.17. The molecule has 4 heteroatoms. The molecule has 0 bridgehead atoms. The summed E-state index contributed by atoms with van der Waals surface area (Å²) < 4.78 is 0. The highest BCUT2D eigenvalue weighted by Crippen LogP contribution is 2.32. The van der Waals surface area contributed by atoms with Crippen molar-refractivity contribution in [3.05, 3.63) is 103 Å². The lowest BCUT2D eigenvalue weighted by molar-refractivity contribution is 0.100.